The van der Waals surface area contributed by atoms with E-state index in [0.717, 1.165) is 50.8 Å². The Hall–Kier alpha value is -2.38. The Morgan fingerprint density at radius 3 is 2.67 bits per heavy atom. The van der Waals surface area contributed by atoms with Crippen LogP contribution in [0.5, 0.6) is 0 Å². The summed E-state index contributed by atoms with van der Waals surface area (Å²) in [6.07, 6.45) is 4.56. The number of hydrogen-bond donors (Lipinski definition) is 1. The van der Waals surface area contributed by atoms with Crippen molar-refractivity contribution in [1.29, 1.82) is 0 Å². The van der Waals surface area contributed by atoms with Crippen LogP contribution >= 0.6 is 0 Å². The van der Waals surface area contributed by atoms with Gasteiger partial charge in [0.15, 0.2) is 0 Å². The SMILES string of the molecule is O=c1cc(N2CCOCC2)nc(N2CC[C@@H](OCC3CC3)[C@@H]2Cc2ccccc2)[nH]1. The van der Waals surface area contributed by atoms with Crippen molar-refractivity contribution in [2.45, 2.75) is 37.8 Å². The first-order valence-corrected chi connectivity index (χ1v) is 11.1. The molecule has 0 spiro atoms. The summed E-state index contributed by atoms with van der Waals surface area (Å²) < 4.78 is 11.8. The van der Waals surface area contributed by atoms with E-state index in [1.807, 2.05) is 6.07 Å². The van der Waals surface area contributed by atoms with Gasteiger partial charge in [-0.2, -0.15) is 4.98 Å². The maximum Gasteiger partial charge on any atom is 0.254 e. The number of nitrogens with zero attached hydrogens (tertiary/aromatic N) is 3. The fourth-order valence-corrected chi connectivity index (χ4v) is 4.45. The molecule has 1 N–H and O–H groups in total. The average molecular weight is 411 g/mol. The molecule has 160 valence electrons. The zero-order chi connectivity index (χ0) is 20.3. The standard InChI is InChI=1S/C23H30N4O3/c28-22-15-21(26-10-12-29-13-11-26)24-23(25-22)27-9-8-20(30-16-18-6-7-18)19(27)14-17-4-2-1-3-5-17/h1-5,15,18-20H,6-14,16H2,(H,24,25,28)/t19-,20+/m0/s1. The monoisotopic (exact) mass is 410 g/mol. The number of rotatable bonds is 7. The summed E-state index contributed by atoms with van der Waals surface area (Å²) in [5, 5.41) is 0. The number of H-pyrrole nitrogens is 1. The molecule has 3 aliphatic rings. The smallest absolute Gasteiger partial charge is 0.254 e. The van der Waals surface area contributed by atoms with Crippen molar-refractivity contribution in [3.8, 4) is 0 Å². The first-order chi connectivity index (χ1) is 14.8. The fraction of sp³-hybridized carbons (Fsp3) is 0.565. The predicted molar refractivity (Wildman–Crippen MR) is 116 cm³/mol. The molecule has 30 heavy (non-hydrogen) atoms. The molecule has 7 heteroatoms. The quantitative estimate of drug-likeness (QED) is 0.755. The van der Waals surface area contributed by atoms with E-state index >= 15 is 0 Å². The van der Waals surface area contributed by atoms with Gasteiger partial charge in [0.25, 0.3) is 5.56 Å². The van der Waals surface area contributed by atoms with Gasteiger partial charge in [0, 0.05) is 32.3 Å². The van der Waals surface area contributed by atoms with Gasteiger partial charge in [-0.1, -0.05) is 30.3 Å². The number of morpholine rings is 1. The molecule has 1 saturated carbocycles. The van der Waals surface area contributed by atoms with Crippen LogP contribution in [0.3, 0.4) is 0 Å². The van der Waals surface area contributed by atoms with Crippen LogP contribution in [-0.2, 0) is 15.9 Å². The maximum absolute atomic E-state index is 12.5. The third-order valence-corrected chi connectivity index (χ3v) is 6.34. The van der Waals surface area contributed by atoms with Gasteiger partial charge in [-0.05, 0) is 37.2 Å². The Morgan fingerprint density at radius 1 is 1.10 bits per heavy atom. The van der Waals surface area contributed by atoms with Crippen molar-refractivity contribution in [3.63, 3.8) is 0 Å². The normalized spacial score (nSPS) is 24.4. The highest BCUT2D eigenvalue weighted by Crippen LogP contribution is 2.33. The second kappa shape index (κ2) is 8.78. The summed E-state index contributed by atoms with van der Waals surface area (Å²) in [5.41, 5.74) is 1.17. The summed E-state index contributed by atoms with van der Waals surface area (Å²) in [4.78, 5) is 24.7. The van der Waals surface area contributed by atoms with Crippen molar-refractivity contribution in [2.24, 2.45) is 5.92 Å². The molecule has 2 atom stereocenters. The van der Waals surface area contributed by atoms with E-state index in [1.54, 1.807) is 6.07 Å². The van der Waals surface area contributed by atoms with Gasteiger partial charge in [0.2, 0.25) is 5.95 Å². The van der Waals surface area contributed by atoms with Gasteiger partial charge in [0.1, 0.15) is 5.82 Å². The lowest BCUT2D eigenvalue weighted by atomic mass is 10.0. The zero-order valence-corrected chi connectivity index (χ0v) is 17.3. The third-order valence-electron chi connectivity index (χ3n) is 6.34. The Balaban J connectivity index is 1.40. The van der Waals surface area contributed by atoms with Gasteiger partial charge in [-0.25, -0.2) is 0 Å². The van der Waals surface area contributed by atoms with Crippen LogP contribution < -0.4 is 15.4 Å². The second-order valence-corrected chi connectivity index (χ2v) is 8.58. The van der Waals surface area contributed by atoms with Crippen molar-refractivity contribution in [1.82, 2.24) is 9.97 Å². The summed E-state index contributed by atoms with van der Waals surface area (Å²) >= 11 is 0. The summed E-state index contributed by atoms with van der Waals surface area (Å²) in [5.74, 6) is 2.12. The largest absolute Gasteiger partial charge is 0.378 e. The lowest BCUT2D eigenvalue weighted by Gasteiger charge is -2.31. The van der Waals surface area contributed by atoms with E-state index in [2.05, 4.69) is 39.0 Å². The molecule has 7 nitrogen and oxygen atoms in total. The van der Waals surface area contributed by atoms with Crippen LogP contribution in [-0.4, -0.2) is 61.6 Å². The van der Waals surface area contributed by atoms with E-state index in [-0.39, 0.29) is 17.7 Å². The number of aromatic nitrogens is 2. The highest BCUT2D eigenvalue weighted by atomic mass is 16.5. The summed E-state index contributed by atoms with van der Waals surface area (Å²) in [7, 11) is 0. The van der Waals surface area contributed by atoms with Gasteiger partial charge in [-0.3, -0.25) is 9.78 Å². The van der Waals surface area contributed by atoms with E-state index in [1.165, 1.54) is 18.4 Å². The zero-order valence-electron chi connectivity index (χ0n) is 17.3. The number of anilines is 2. The molecule has 2 aliphatic heterocycles. The number of hydrogen-bond acceptors (Lipinski definition) is 6. The number of aromatic amines is 1. The average Bonchev–Trinajstić information content (AvgIpc) is 3.53. The molecule has 0 bridgehead atoms. The highest BCUT2D eigenvalue weighted by molar-refractivity contribution is 5.46. The minimum Gasteiger partial charge on any atom is -0.378 e. The van der Waals surface area contributed by atoms with Gasteiger partial charge in [-0.15, -0.1) is 0 Å². The van der Waals surface area contributed by atoms with Crippen LogP contribution in [0.25, 0.3) is 0 Å². The maximum atomic E-state index is 12.5. The number of benzene rings is 1. The van der Waals surface area contributed by atoms with Gasteiger partial charge in [0.05, 0.1) is 25.4 Å². The predicted octanol–water partition coefficient (Wildman–Crippen LogP) is 2.22. The molecular formula is C23H30N4O3. The molecule has 1 aliphatic carbocycles. The van der Waals surface area contributed by atoms with Crippen molar-refractivity contribution in [3.05, 3.63) is 52.3 Å². The minimum absolute atomic E-state index is 0.109. The van der Waals surface area contributed by atoms with Crippen LogP contribution in [0, 0.1) is 5.92 Å². The molecule has 0 amide bonds. The minimum atomic E-state index is -0.109. The van der Waals surface area contributed by atoms with Crippen molar-refractivity contribution >= 4 is 11.8 Å². The number of nitrogens with one attached hydrogen (secondary N) is 1. The van der Waals surface area contributed by atoms with E-state index in [9.17, 15) is 4.79 Å². The molecule has 1 aromatic heterocycles. The van der Waals surface area contributed by atoms with Gasteiger partial charge >= 0.3 is 0 Å². The van der Waals surface area contributed by atoms with E-state index in [0.29, 0.717) is 19.2 Å². The summed E-state index contributed by atoms with van der Waals surface area (Å²) in [6, 6.07) is 12.3. The highest BCUT2D eigenvalue weighted by Gasteiger charge is 2.37. The molecule has 0 radical (unpaired) electrons. The van der Waals surface area contributed by atoms with Crippen LogP contribution in [0.4, 0.5) is 11.8 Å². The summed E-state index contributed by atoms with van der Waals surface area (Å²) in [6.45, 7) is 4.54. The lowest BCUT2D eigenvalue weighted by molar-refractivity contribution is 0.0406. The number of ether oxygens (including phenoxy) is 2. The molecule has 3 fully saturated rings. The molecule has 2 aromatic rings. The molecular weight excluding hydrogens is 380 g/mol. The van der Waals surface area contributed by atoms with Crippen LogP contribution in [0.1, 0.15) is 24.8 Å². The van der Waals surface area contributed by atoms with E-state index in [4.69, 9.17) is 14.5 Å². The van der Waals surface area contributed by atoms with Gasteiger partial charge < -0.3 is 19.3 Å². The van der Waals surface area contributed by atoms with Crippen molar-refractivity contribution < 1.29 is 9.47 Å². The van der Waals surface area contributed by atoms with Crippen LogP contribution in [0.2, 0.25) is 0 Å². The molecule has 3 heterocycles. The van der Waals surface area contributed by atoms with E-state index < -0.39 is 0 Å². The molecule has 5 rings (SSSR count). The Labute approximate surface area is 177 Å². The first-order valence-electron chi connectivity index (χ1n) is 11.1. The lowest BCUT2D eigenvalue weighted by Crippen LogP contribution is -2.41. The molecule has 1 aromatic carbocycles. The fourth-order valence-electron chi connectivity index (χ4n) is 4.45. The Morgan fingerprint density at radius 2 is 1.90 bits per heavy atom. The first kappa shape index (κ1) is 19.6. The van der Waals surface area contributed by atoms with Crippen LogP contribution in [0.15, 0.2) is 41.2 Å². The Kier molecular flexibility index (Phi) is 5.73. The third kappa shape index (κ3) is 4.52. The second-order valence-electron chi connectivity index (χ2n) is 8.58. The van der Waals surface area contributed by atoms with Crippen molar-refractivity contribution in [2.75, 3.05) is 49.3 Å². The topological polar surface area (TPSA) is 70.7 Å². The molecule has 2 saturated heterocycles. The molecule has 0 unspecified atom stereocenters. The Bertz CT molecular complexity index is 893.